The van der Waals surface area contributed by atoms with Crippen LogP contribution in [-0.2, 0) is 44.6 Å². The second-order valence-electron chi connectivity index (χ2n) is 6.51. The third kappa shape index (κ3) is 8.03. The van der Waals surface area contributed by atoms with E-state index in [1.807, 2.05) is 0 Å². The summed E-state index contributed by atoms with van der Waals surface area (Å²) >= 11 is 0. The number of halogens is 1. The third-order valence-electron chi connectivity index (χ3n) is 4.30. The molecule has 0 aliphatic carbocycles. The number of methoxy groups -OCH3 is 3. The van der Waals surface area contributed by atoms with Crippen molar-refractivity contribution >= 4 is 29.7 Å². The molecule has 1 aromatic carbocycles. The van der Waals surface area contributed by atoms with Gasteiger partial charge in [0.2, 0.25) is 11.8 Å². The lowest BCUT2D eigenvalue weighted by atomic mass is 9.95. The van der Waals surface area contributed by atoms with Gasteiger partial charge in [0.15, 0.2) is 0 Å². The molecule has 31 heavy (non-hydrogen) atoms. The zero-order valence-corrected chi connectivity index (χ0v) is 17.6. The maximum Gasteiger partial charge on any atom is 0.329 e. The summed E-state index contributed by atoms with van der Waals surface area (Å²) in [6.45, 7) is 1.18. The molecule has 0 saturated carbocycles. The fourth-order valence-corrected chi connectivity index (χ4v) is 2.81. The van der Waals surface area contributed by atoms with Crippen molar-refractivity contribution in [2.24, 2.45) is 5.92 Å². The first kappa shape index (κ1) is 25.5. The first-order valence-electron chi connectivity index (χ1n) is 9.17. The van der Waals surface area contributed by atoms with Crippen molar-refractivity contribution in [2.75, 3.05) is 21.3 Å². The van der Waals surface area contributed by atoms with Crippen LogP contribution < -0.4 is 10.6 Å². The molecule has 0 unspecified atom stereocenters. The first-order valence-corrected chi connectivity index (χ1v) is 9.17. The van der Waals surface area contributed by atoms with E-state index in [1.54, 1.807) is 6.07 Å². The van der Waals surface area contributed by atoms with Crippen LogP contribution in [0.1, 0.15) is 18.9 Å². The van der Waals surface area contributed by atoms with Crippen molar-refractivity contribution in [1.82, 2.24) is 10.6 Å². The molecule has 0 fully saturated rings. The molecular weight excluding hydrogens is 415 g/mol. The van der Waals surface area contributed by atoms with Gasteiger partial charge in [0.1, 0.15) is 17.9 Å². The van der Waals surface area contributed by atoms with Crippen LogP contribution in [0.5, 0.6) is 0 Å². The lowest BCUT2D eigenvalue weighted by molar-refractivity contribution is -0.159. The molecule has 0 bridgehead atoms. The van der Waals surface area contributed by atoms with Gasteiger partial charge in [-0.05, 0) is 17.7 Å². The van der Waals surface area contributed by atoms with Crippen molar-refractivity contribution in [3.05, 3.63) is 35.6 Å². The van der Waals surface area contributed by atoms with Crippen molar-refractivity contribution in [2.45, 2.75) is 31.8 Å². The van der Waals surface area contributed by atoms with Gasteiger partial charge in [0, 0.05) is 13.3 Å². The Kier molecular flexibility index (Phi) is 10.1. The van der Waals surface area contributed by atoms with Crippen LogP contribution >= 0.6 is 0 Å². The SMILES string of the molecule is COC(=O)C[C@H](C(=O)OC)[C@H](NC(=O)[C@H](Cc1cccc(F)c1)NC(C)=O)C(=O)OC. The zero-order chi connectivity index (χ0) is 23.6. The number of rotatable bonds is 10. The lowest BCUT2D eigenvalue weighted by Gasteiger charge is -2.26. The van der Waals surface area contributed by atoms with Gasteiger partial charge in [-0.15, -0.1) is 0 Å². The Morgan fingerprint density at radius 1 is 0.968 bits per heavy atom. The summed E-state index contributed by atoms with van der Waals surface area (Å²) in [6, 6.07) is 2.59. The minimum Gasteiger partial charge on any atom is -0.469 e. The quantitative estimate of drug-likeness (QED) is 0.380. The number of hydrogen-bond donors (Lipinski definition) is 2. The summed E-state index contributed by atoms with van der Waals surface area (Å²) < 4.78 is 27.3. The van der Waals surface area contributed by atoms with Crippen molar-refractivity contribution < 1.29 is 42.6 Å². The van der Waals surface area contributed by atoms with E-state index in [2.05, 4.69) is 24.8 Å². The standard InChI is InChI=1S/C20H25FN2O8/c1-11(24)22-15(9-12-6-5-7-13(21)8-12)18(26)23-17(20(28)31-4)14(19(27)30-3)10-16(25)29-2/h5-8,14-15,17H,9-10H2,1-4H3,(H,22,24)(H,23,26)/t14-,15-,17-/m0/s1. The van der Waals surface area contributed by atoms with Crippen molar-refractivity contribution in [3.8, 4) is 0 Å². The molecule has 170 valence electrons. The van der Waals surface area contributed by atoms with Crippen LogP contribution in [0.25, 0.3) is 0 Å². The Bertz CT molecular complexity index is 829. The second kappa shape index (κ2) is 12.3. The molecular formula is C20H25FN2O8. The van der Waals surface area contributed by atoms with Gasteiger partial charge in [-0.2, -0.15) is 0 Å². The van der Waals surface area contributed by atoms with E-state index in [4.69, 9.17) is 0 Å². The normalized spacial score (nSPS) is 13.2. The van der Waals surface area contributed by atoms with E-state index in [-0.39, 0.29) is 6.42 Å². The van der Waals surface area contributed by atoms with E-state index in [0.717, 1.165) is 21.3 Å². The zero-order valence-electron chi connectivity index (χ0n) is 17.6. The van der Waals surface area contributed by atoms with Gasteiger partial charge < -0.3 is 24.8 Å². The van der Waals surface area contributed by atoms with Crippen LogP contribution in [0.3, 0.4) is 0 Å². The Labute approximate surface area is 178 Å². The van der Waals surface area contributed by atoms with Crippen LogP contribution in [-0.4, -0.2) is 63.1 Å². The van der Waals surface area contributed by atoms with Crippen LogP contribution in [0.2, 0.25) is 0 Å². The summed E-state index contributed by atoms with van der Waals surface area (Å²) in [4.78, 5) is 60.6. The summed E-state index contributed by atoms with van der Waals surface area (Å²) in [7, 11) is 3.17. The van der Waals surface area contributed by atoms with E-state index >= 15 is 0 Å². The monoisotopic (exact) mass is 440 g/mol. The summed E-state index contributed by atoms with van der Waals surface area (Å²) in [5.41, 5.74) is 0.405. The molecule has 0 radical (unpaired) electrons. The predicted molar refractivity (Wildman–Crippen MR) is 104 cm³/mol. The molecule has 0 saturated heterocycles. The predicted octanol–water partition coefficient (Wildman–Crippen LogP) is -0.117. The van der Waals surface area contributed by atoms with Gasteiger partial charge in [0.05, 0.1) is 33.7 Å². The summed E-state index contributed by atoms with van der Waals surface area (Å²) in [5, 5.41) is 4.73. The highest BCUT2D eigenvalue weighted by Crippen LogP contribution is 2.15. The molecule has 10 nitrogen and oxygen atoms in total. The molecule has 0 spiro atoms. The first-order chi connectivity index (χ1) is 14.6. The maximum atomic E-state index is 13.5. The highest BCUT2D eigenvalue weighted by Gasteiger charge is 2.39. The molecule has 1 rings (SSSR count). The Balaban J connectivity index is 3.18. The van der Waals surface area contributed by atoms with Crippen molar-refractivity contribution in [3.63, 3.8) is 0 Å². The average Bonchev–Trinajstić information content (AvgIpc) is 2.73. The molecule has 2 N–H and O–H groups in total. The Hall–Kier alpha value is -3.50. The number of nitrogens with one attached hydrogen (secondary N) is 2. The molecule has 1 aromatic rings. The highest BCUT2D eigenvalue weighted by molar-refractivity contribution is 5.94. The molecule has 3 atom stereocenters. The smallest absolute Gasteiger partial charge is 0.329 e. The maximum absolute atomic E-state index is 13.5. The lowest BCUT2D eigenvalue weighted by Crippen LogP contribution is -2.56. The highest BCUT2D eigenvalue weighted by atomic mass is 19.1. The number of hydrogen-bond acceptors (Lipinski definition) is 8. The van der Waals surface area contributed by atoms with Crippen molar-refractivity contribution in [1.29, 1.82) is 0 Å². The molecule has 11 heteroatoms. The van der Waals surface area contributed by atoms with E-state index in [9.17, 15) is 28.4 Å². The second-order valence-corrected chi connectivity index (χ2v) is 6.51. The van der Waals surface area contributed by atoms with E-state index < -0.39 is 60.0 Å². The fraction of sp³-hybridized carbons (Fsp3) is 0.450. The van der Waals surface area contributed by atoms with Gasteiger partial charge in [0.25, 0.3) is 0 Å². The topological polar surface area (TPSA) is 137 Å². The minimum atomic E-state index is -1.60. The molecule has 0 aromatic heterocycles. The average molecular weight is 440 g/mol. The number of amides is 2. The van der Waals surface area contributed by atoms with Crippen LogP contribution in [0.4, 0.5) is 4.39 Å². The number of carbonyl (C=O) groups is 5. The van der Waals surface area contributed by atoms with Gasteiger partial charge in [-0.25, -0.2) is 9.18 Å². The summed E-state index contributed by atoms with van der Waals surface area (Å²) in [6.07, 6.45) is -0.672. The summed E-state index contributed by atoms with van der Waals surface area (Å²) in [5.74, 6) is -6.17. The van der Waals surface area contributed by atoms with E-state index in [1.165, 1.54) is 25.1 Å². The minimum absolute atomic E-state index is 0.100. The number of carbonyl (C=O) groups excluding carboxylic acids is 5. The Morgan fingerprint density at radius 2 is 1.61 bits per heavy atom. The third-order valence-corrected chi connectivity index (χ3v) is 4.30. The largest absolute Gasteiger partial charge is 0.469 e. The van der Waals surface area contributed by atoms with Gasteiger partial charge in [-0.3, -0.25) is 19.2 Å². The molecule has 0 aliphatic heterocycles. The number of ether oxygens (including phenoxy) is 3. The van der Waals surface area contributed by atoms with Gasteiger partial charge in [-0.1, -0.05) is 12.1 Å². The number of benzene rings is 1. The van der Waals surface area contributed by atoms with Crippen LogP contribution in [0.15, 0.2) is 24.3 Å². The number of esters is 3. The molecule has 2 amide bonds. The fourth-order valence-electron chi connectivity index (χ4n) is 2.81. The van der Waals surface area contributed by atoms with E-state index in [0.29, 0.717) is 5.56 Å². The molecule has 0 heterocycles. The molecule has 0 aliphatic rings. The Morgan fingerprint density at radius 3 is 2.13 bits per heavy atom. The van der Waals surface area contributed by atoms with Crippen LogP contribution in [0, 0.1) is 11.7 Å². The van der Waals surface area contributed by atoms with Gasteiger partial charge >= 0.3 is 17.9 Å².